The Morgan fingerprint density at radius 1 is 1.15 bits per heavy atom. The summed E-state index contributed by atoms with van der Waals surface area (Å²) >= 11 is 0. The van der Waals surface area contributed by atoms with E-state index in [1.54, 1.807) is 48.5 Å². The van der Waals surface area contributed by atoms with Crippen molar-refractivity contribution in [1.29, 1.82) is 5.26 Å². The standard InChI is InChI=1S/C21H23N3O3/c1-4-27-18-11-6-5-10-17(18)20(25)24-19(14(2)3)21(26)23-16-9-7-8-15(12-16)13-22/h5-12,14,19H,4H2,1-3H3,(H,23,26)(H,24,25). The van der Waals surface area contributed by atoms with Gasteiger partial charge in [0.1, 0.15) is 11.8 Å². The second-order valence-corrected chi connectivity index (χ2v) is 6.31. The molecule has 6 heteroatoms. The van der Waals surface area contributed by atoms with Gasteiger partial charge < -0.3 is 15.4 Å². The molecule has 2 aromatic carbocycles. The second-order valence-electron chi connectivity index (χ2n) is 6.31. The lowest BCUT2D eigenvalue weighted by atomic mass is 10.0. The fourth-order valence-electron chi connectivity index (χ4n) is 2.58. The number of nitrogens with one attached hydrogen (secondary N) is 2. The van der Waals surface area contributed by atoms with Crippen LogP contribution in [-0.4, -0.2) is 24.5 Å². The average molecular weight is 365 g/mol. The van der Waals surface area contributed by atoms with Gasteiger partial charge in [-0.15, -0.1) is 0 Å². The first-order chi connectivity index (χ1) is 13.0. The van der Waals surface area contributed by atoms with Gasteiger partial charge in [-0.3, -0.25) is 9.59 Å². The minimum atomic E-state index is -0.738. The summed E-state index contributed by atoms with van der Waals surface area (Å²) in [6, 6.07) is 14.8. The number of carbonyl (C=O) groups is 2. The summed E-state index contributed by atoms with van der Waals surface area (Å²) in [5.41, 5.74) is 1.33. The van der Waals surface area contributed by atoms with Crippen molar-refractivity contribution in [2.45, 2.75) is 26.8 Å². The molecule has 140 valence electrons. The first kappa shape index (κ1) is 20.0. The van der Waals surface area contributed by atoms with Crippen LogP contribution in [0.1, 0.15) is 36.7 Å². The molecular formula is C21H23N3O3. The van der Waals surface area contributed by atoms with Crippen LogP contribution in [0.3, 0.4) is 0 Å². The summed E-state index contributed by atoms with van der Waals surface area (Å²) in [6.07, 6.45) is 0. The predicted octanol–water partition coefficient (Wildman–Crippen LogP) is 3.35. The molecule has 0 aromatic heterocycles. The SMILES string of the molecule is CCOc1ccccc1C(=O)NC(C(=O)Nc1cccc(C#N)c1)C(C)C. The van der Waals surface area contributed by atoms with E-state index in [1.807, 2.05) is 26.8 Å². The van der Waals surface area contributed by atoms with Crippen molar-refractivity contribution >= 4 is 17.5 Å². The molecule has 1 unspecified atom stereocenters. The van der Waals surface area contributed by atoms with E-state index in [2.05, 4.69) is 10.6 Å². The van der Waals surface area contributed by atoms with E-state index in [9.17, 15) is 9.59 Å². The third-order valence-corrected chi connectivity index (χ3v) is 3.93. The number of amides is 2. The summed E-state index contributed by atoms with van der Waals surface area (Å²) in [6.45, 7) is 5.98. The topological polar surface area (TPSA) is 91.2 Å². The van der Waals surface area contributed by atoms with E-state index in [4.69, 9.17) is 10.00 Å². The number of benzene rings is 2. The van der Waals surface area contributed by atoms with Gasteiger partial charge in [-0.1, -0.05) is 32.0 Å². The van der Waals surface area contributed by atoms with E-state index in [-0.39, 0.29) is 17.7 Å². The van der Waals surface area contributed by atoms with Gasteiger partial charge in [0, 0.05) is 5.69 Å². The molecule has 1 atom stereocenters. The van der Waals surface area contributed by atoms with Crippen molar-refractivity contribution in [2.75, 3.05) is 11.9 Å². The fourth-order valence-corrected chi connectivity index (χ4v) is 2.58. The van der Waals surface area contributed by atoms with Crippen LogP contribution in [0.15, 0.2) is 48.5 Å². The lowest BCUT2D eigenvalue weighted by Crippen LogP contribution is -2.47. The number of carbonyl (C=O) groups excluding carboxylic acids is 2. The second kappa shape index (κ2) is 9.39. The predicted molar refractivity (Wildman–Crippen MR) is 103 cm³/mol. The normalized spacial score (nSPS) is 11.4. The van der Waals surface area contributed by atoms with Crippen molar-refractivity contribution in [3.8, 4) is 11.8 Å². The van der Waals surface area contributed by atoms with Gasteiger partial charge in [0.2, 0.25) is 5.91 Å². The number of hydrogen-bond donors (Lipinski definition) is 2. The van der Waals surface area contributed by atoms with E-state index in [0.717, 1.165) is 0 Å². The maximum Gasteiger partial charge on any atom is 0.255 e. The van der Waals surface area contributed by atoms with Gasteiger partial charge in [-0.25, -0.2) is 0 Å². The van der Waals surface area contributed by atoms with Crippen LogP contribution in [-0.2, 0) is 4.79 Å². The van der Waals surface area contributed by atoms with Gasteiger partial charge in [0.05, 0.1) is 23.8 Å². The zero-order valence-corrected chi connectivity index (χ0v) is 15.7. The average Bonchev–Trinajstić information content (AvgIpc) is 2.66. The molecule has 0 fully saturated rings. The van der Waals surface area contributed by atoms with Crippen molar-refractivity contribution < 1.29 is 14.3 Å². The van der Waals surface area contributed by atoms with Crippen LogP contribution in [0.2, 0.25) is 0 Å². The molecule has 2 aromatic rings. The van der Waals surface area contributed by atoms with Gasteiger partial charge in [-0.05, 0) is 43.2 Å². The monoisotopic (exact) mass is 365 g/mol. The molecule has 2 amide bonds. The highest BCUT2D eigenvalue weighted by Crippen LogP contribution is 2.19. The summed E-state index contributed by atoms with van der Waals surface area (Å²) in [7, 11) is 0. The number of hydrogen-bond acceptors (Lipinski definition) is 4. The van der Waals surface area contributed by atoms with Gasteiger partial charge >= 0.3 is 0 Å². The summed E-state index contributed by atoms with van der Waals surface area (Å²) in [4.78, 5) is 25.4. The summed E-state index contributed by atoms with van der Waals surface area (Å²) in [5, 5.41) is 14.5. The van der Waals surface area contributed by atoms with E-state index in [1.165, 1.54) is 0 Å². The molecule has 0 bridgehead atoms. The molecule has 2 N–H and O–H groups in total. The maximum absolute atomic E-state index is 12.7. The Hall–Kier alpha value is -3.33. The zero-order chi connectivity index (χ0) is 19.8. The molecule has 0 heterocycles. The van der Waals surface area contributed by atoms with Crippen LogP contribution in [0, 0.1) is 17.2 Å². The lowest BCUT2D eigenvalue weighted by molar-refractivity contribution is -0.118. The molecule has 0 radical (unpaired) electrons. The largest absolute Gasteiger partial charge is 0.493 e. The summed E-state index contributed by atoms with van der Waals surface area (Å²) in [5.74, 6) is -0.379. The van der Waals surface area contributed by atoms with Crippen molar-refractivity contribution in [3.63, 3.8) is 0 Å². The van der Waals surface area contributed by atoms with Crippen molar-refractivity contribution in [2.24, 2.45) is 5.92 Å². The number of para-hydroxylation sites is 1. The molecule has 0 saturated heterocycles. The smallest absolute Gasteiger partial charge is 0.255 e. The highest BCUT2D eigenvalue weighted by atomic mass is 16.5. The third kappa shape index (κ3) is 5.32. The molecule has 0 saturated carbocycles. The van der Waals surface area contributed by atoms with Crippen molar-refractivity contribution in [3.05, 3.63) is 59.7 Å². The molecule has 6 nitrogen and oxygen atoms in total. The lowest BCUT2D eigenvalue weighted by Gasteiger charge is -2.22. The van der Waals surface area contributed by atoms with Gasteiger partial charge in [0.25, 0.3) is 5.91 Å². The Balaban J connectivity index is 2.16. The third-order valence-electron chi connectivity index (χ3n) is 3.93. The van der Waals surface area contributed by atoms with Crippen LogP contribution >= 0.6 is 0 Å². The van der Waals surface area contributed by atoms with Crippen molar-refractivity contribution in [1.82, 2.24) is 5.32 Å². The van der Waals surface area contributed by atoms with Gasteiger partial charge in [0.15, 0.2) is 0 Å². The van der Waals surface area contributed by atoms with E-state index in [0.29, 0.717) is 29.2 Å². The highest BCUT2D eigenvalue weighted by molar-refractivity contribution is 6.02. The quantitative estimate of drug-likeness (QED) is 0.787. The van der Waals surface area contributed by atoms with E-state index >= 15 is 0 Å². The highest BCUT2D eigenvalue weighted by Gasteiger charge is 2.26. The molecule has 0 aliphatic carbocycles. The molecular weight excluding hydrogens is 342 g/mol. The zero-order valence-electron chi connectivity index (χ0n) is 15.7. The Morgan fingerprint density at radius 2 is 1.89 bits per heavy atom. The number of ether oxygens (including phenoxy) is 1. The summed E-state index contributed by atoms with van der Waals surface area (Å²) < 4.78 is 5.49. The van der Waals surface area contributed by atoms with Crippen LogP contribution in [0.5, 0.6) is 5.75 Å². The number of anilines is 1. The first-order valence-electron chi connectivity index (χ1n) is 8.80. The number of rotatable bonds is 7. The Labute approximate surface area is 159 Å². The Bertz CT molecular complexity index is 856. The first-order valence-corrected chi connectivity index (χ1v) is 8.80. The Morgan fingerprint density at radius 3 is 2.56 bits per heavy atom. The van der Waals surface area contributed by atoms with Crippen LogP contribution in [0.25, 0.3) is 0 Å². The minimum absolute atomic E-state index is 0.132. The van der Waals surface area contributed by atoms with Gasteiger partial charge in [-0.2, -0.15) is 5.26 Å². The molecule has 0 aliphatic heterocycles. The molecule has 27 heavy (non-hydrogen) atoms. The molecule has 2 rings (SSSR count). The maximum atomic E-state index is 12.7. The fraction of sp³-hybridized carbons (Fsp3) is 0.286. The van der Waals surface area contributed by atoms with E-state index < -0.39 is 6.04 Å². The van der Waals surface area contributed by atoms with Crippen LogP contribution < -0.4 is 15.4 Å². The minimum Gasteiger partial charge on any atom is -0.493 e. The van der Waals surface area contributed by atoms with Crippen LogP contribution in [0.4, 0.5) is 5.69 Å². The number of nitriles is 1. The Kier molecular flexibility index (Phi) is 6.95. The molecule has 0 aliphatic rings. The molecule has 0 spiro atoms. The number of nitrogens with zero attached hydrogens (tertiary/aromatic N) is 1.